The second-order valence-electron chi connectivity index (χ2n) is 5.95. The van der Waals surface area contributed by atoms with Crippen LogP contribution in [0, 0.1) is 17.8 Å². The van der Waals surface area contributed by atoms with Crippen molar-refractivity contribution in [3.63, 3.8) is 0 Å². The molecule has 2 saturated carbocycles. The summed E-state index contributed by atoms with van der Waals surface area (Å²) in [5, 5.41) is 0. The zero-order valence-corrected chi connectivity index (χ0v) is 12.6. The standard InChI is InChI=1S/C14H22O5S/c1-3-13(15)19-14(20(16,17)18)10(2)8-9-11-6-4-5-7-12(11)14/h3,10-12H,1,4-9H2,2H3,(H,16,17,18). The van der Waals surface area contributed by atoms with Crippen LogP contribution in [0.1, 0.15) is 45.4 Å². The van der Waals surface area contributed by atoms with Gasteiger partial charge in [-0.15, -0.1) is 0 Å². The molecule has 2 aliphatic rings. The van der Waals surface area contributed by atoms with Gasteiger partial charge < -0.3 is 4.74 Å². The van der Waals surface area contributed by atoms with Crippen molar-refractivity contribution >= 4 is 16.1 Å². The minimum Gasteiger partial charge on any atom is -0.436 e. The predicted octanol–water partition coefficient (Wildman–Crippen LogP) is 2.54. The van der Waals surface area contributed by atoms with Crippen LogP contribution in [0.5, 0.6) is 0 Å². The molecule has 0 bridgehead atoms. The van der Waals surface area contributed by atoms with Gasteiger partial charge in [0.1, 0.15) is 0 Å². The van der Waals surface area contributed by atoms with Crippen molar-refractivity contribution in [2.24, 2.45) is 17.8 Å². The van der Waals surface area contributed by atoms with Crippen LogP contribution in [0.2, 0.25) is 0 Å². The highest BCUT2D eigenvalue weighted by atomic mass is 32.2. The minimum atomic E-state index is -4.50. The van der Waals surface area contributed by atoms with Crippen LogP contribution >= 0.6 is 0 Å². The maximum Gasteiger partial charge on any atom is 0.331 e. The monoisotopic (exact) mass is 302 g/mol. The van der Waals surface area contributed by atoms with Crippen molar-refractivity contribution in [3.05, 3.63) is 12.7 Å². The molecule has 0 aliphatic heterocycles. The first-order chi connectivity index (χ1) is 9.33. The molecular formula is C14H22O5S. The summed E-state index contributed by atoms with van der Waals surface area (Å²) < 4.78 is 39.2. The summed E-state index contributed by atoms with van der Waals surface area (Å²) in [5.41, 5.74) is 0. The largest absolute Gasteiger partial charge is 0.436 e. The number of hydrogen-bond acceptors (Lipinski definition) is 4. The van der Waals surface area contributed by atoms with E-state index in [1.165, 1.54) is 0 Å². The van der Waals surface area contributed by atoms with Crippen LogP contribution in [0.15, 0.2) is 12.7 Å². The van der Waals surface area contributed by atoms with Crippen molar-refractivity contribution < 1.29 is 22.5 Å². The Labute approximate surface area is 120 Å². The van der Waals surface area contributed by atoms with Crippen LogP contribution in [-0.2, 0) is 19.6 Å². The molecule has 0 radical (unpaired) electrons. The second-order valence-corrected chi connectivity index (χ2v) is 7.54. The zero-order valence-electron chi connectivity index (χ0n) is 11.7. The van der Waals surface area contributed by atoms with Gasteiger partial charge in [-0.3, -0.25) is 4.55 Å². The van der Waals surface area contributed by atoms with E-state index < -0.39 is 26.9 Å². The van der Waals surface area contributed by atoms with E-state index in [1.807, 2.05) is 0 Å². The van der Waals surface area contributed by atoms with E-state index in [9.17, 15) is 17.8 Å². The third-order valence-corrected chi connectivity index (χ3v) is 6.51. The van der Waals surface area contributed by atoms with Crippen LogP contribution in [-0.4, -0.2) is 23.9 Å². The van der Waals surface area contributed by atoms with Gasteiger partial charge >= 0.3 is 16.1 Å². The summed E-state index contributed by atoms with van der Waals surface area (Å²) >= 11 is 0. The van der Waals surface area contributed by atoms with E-state index in [0.717, 1.165) is 31.8 Å². The predicted molar refractivity (Wildman–Crippen MR) is 74.4 cm³/mol. The molecule has 4 unspecified atom stereocenters. The number of carbonyl (C=O) groups is 1. The maximum atomic E-state index is 12.1. The first kappa shape index (κ1) is 15.5. The molecule has 5 nitrogen and oxygen atoms in total. The summed E-state index contributed by atoms with van der Waals surface area (Å²) in [6.45, 7) is 5.05. The van der Waals surface area contributed by atoms with E-state index in [1.54, 1.807) is 6.92 Å². The fourth-order valence-electron chi connectivity index (χ4n) is 3.99. The van der Waals surface area contributed by atoms with Crippen molar-refractivity contribution in [3.8, 4) is 0 Å². The Hall–Kier alpha value is -0.880. The first-order valence-corrected chi connectivity index (χ1v) is 8.59. The van der Waals surface area contributed by atoms with E-state index >= 15 is 0 Å². The van der Waals surface area contributed by atoms with Gasteiger partial charge in [0, 0.05) is 17.9 Å². The van der Waals surface area contributed by atoms with E-state index in [2.05, 4.69) is 6.58 Å². The molecule has 0 aromatic rings. The van der Waals surface area contributed by atoms with E-state index in [-0.39, 0.29) is 11.8 Å². The van der Waals surface area contributed by atoms with Gasteiger partial charge in [-0.1, -0.05) is 26.3 Å². The van der Waals surface area contributed by atoms with Crippen molar-refractivity contribution in [1.29, 1.82) is 0 Å². The number of fused-ring (bicyclic) bond motifs is 1. The van der Waals surface area contributed by atoms with Crippen LogP contribution < -0.4 is 0 Å². The lowest BCUT2D eigenvalue weighted by atomic mass is 9.65. The quantitative estimate of drug-likeness (QED) is 0.492. The highest BCUT2D eigenvalue weighted by Crippen LogP contribution is 2.52. The van der Waals surface area contributed by atoms with Gasteiger partial charge in [0.2, 0.25) is 4.93 Å². The normalized spacial score (nSPS) is 37.8. The Morgan fingerprint density at radius 1 is 1.30 bits per heavy atom. The number of carbonyl (C=O) groups excluding carboxylic acids is 1. The highest BCUT2D eigenvalue weighted by molar-refractivity contribution is 7.87. The first-order valence-electron chi connectivity index (χ1n) is 7.15. The van der Waals surface area contributed by atoms with Crippen molar-refractivity contribution in [1.82, 2.24) is 0 Å². The van der Waals surface area contributed by atoms with Crippen LogP contribution in [0.4, 0.5) is 0 Å². The number of esters is 1. The topological polar surface area (TPSA) is 80.7 Å². The molecule has 0 heterocycles. The summed E-state index contributed by atoms with van der Waals surface area (Å²) in [6, 6.07) is 0. The van der Waals surface area contributed by atoms with Gasteiger partial charge in [-0.25, -0.2) is 4.79 Å². The van der Waals surface area contributed by atoms with Gasteiger partial charge in [0.05, 0.1) is 0 Å². The Balaban J connectivity index is 2.49. The molecule has 114 valence electrons. The lowest BCUT2D eigenvalue weighted by Crippen LogP contribution is -2.59. The fourth-order valence-corrected chi connectivity index (χ4v) is 5.49. The minimum absolute atomic E-state index is 0.194. The molecule has 0 spiro atoms. The van der Waals surface area contributed by atoms with Gasteiger partial charge in [-0.05, 0) is 31.6 Å². The molecule has 0 amide bonds. The number of rotatable bonds is 3. The maximum absolute atomic E-state index is 12.1. The average Bonchev–Trinajstić information content (AvgIpc) is 2.40. The molecule has 2 fully saturated rings. The molecule has 4 atom stereocenters. The van der Waals surface area contributed by atoms with Crippen molar-refractivity contribution in [2.75, 3.05) is 0 Å². The Bertz CT molecular complexity index is 498. The highest BCUT2D eigenvalue weighted by Gasteiger charge is 2.61. The second kappa shape index (κ2) is 5.48. The van der Waals surface area contributed by atoms with Crippen molar-refractivity contribution in [2.45, 2.75) is 50.4 Å². The number of hydrogen-bond donors (Lipinski definition) is 1. The molecule has 1 N–H and O–H groups in total. The third kappa shape index (κ3) is 2.39. The van der Waals surface area contributed by atoms with E-state index in [0.29, 0.717) is 12.8 Å². The average molecular weight is 302 g/mol. The third-order valence-electron chi connectivity index (χ3n) is 4.91. The molecule has 0 aromatic carbocycles. The molecule has 6 heteroatoms. The smallest absolute Gasteiger partial charge is 0.331 e. The fraction of sp³-hybridized carbons (Fsp3) is 0.786. The molecule has 0 saturated heterocycles. The lowest BCUT2D eigenvalue weighted by molar-refractivity contribution is -0.164. The van der Waals surface area contributed by atoms with Gasteiger partial charge in [0.25, 0.3) is 0 Å². The Morgan fingerprint density at radius 3 is 2.55 bits per heavy atom. The number of ether oxygens (including phenoxy) is 1. The molecule has 20 heavy (non-hydrogen) atoms. The molecule has 0 aromatic heterocycles. The molecule has 2 aliphatic carbocycles. The Morgan fingerprint density at radius 2 is 1.95 bits per heavy atom. The summed E-state index contributed by atoms with van der Waals surface area (Å²) in [7, 11) is -4.50. The SMILES string of the molecule is C=CC(=O)OC1(S(=O)(=O)O)C(C)CCC2CCCCC21. The molecule has 2 rings (SSSR count). The van der Waals surface area contributed by atoms with Gasteiger partial charge in [0.15, 0.2) is 0 Å². The van der Waals surface area contributed by atoms with Crippen LogP contribution in [0.3, 0.4) is 0 Å². The Kier molecular flexibility index (Phi) is 4.25. The van der Waals surface area contributed by atoms with Crippen LogP contribution in [0.25, 0.3) is 0 Å². The summed E-state index contributed by atoms with van der Waals surface area (Å²) in [4.78, 5) is 9.83. The lowest BCUT2D eigenvalue weighted by Gasteiger charge is -2.50. The van der Waals surface area contributed by atoms with E-state index in [4.69, 9.17) is 4.74 Å². The summed E-state index contributed by atoms with van der Waals surface area (Å²) in [6.07, 6.45) is 6.06. The molecular weight excluding hydrogens is 280 g/mol. The summed E-state index contributed by atoms with van der Waals surface area (Å²) in [5.74, 6) is -1.33. The zero-order chi connectivity index (χ0) is 15.0. The van der Waals surface area contributed by atoms with Gasteiger partial charge in [-0.2, -0.15) is 8.42 Å².